The van der Waals surface area contributed by atoms with Gasteiger partial charge < -0.3 is 15.4 Å². The van der Waals surface area contributed by atoms with Crippen LogP contribution < -0.4 is 10.7 Å². The first kappa shape index (κ1) is 15.3. The van der Waals surface area contributed by atoms with E-state index in [4.69, 9.17) is 0 Å². The van der Waals surface area contributed by atoms with Crippen molar-refractivity contribution in [3.05, 3.63) is 33.7 Å². The van der Waals surface area contributed by atoms with Gasteiger partial charge in [-0.2, -0.15) is 0 Å². The molecule has 1 aliphatic carbocycles. The summed E-state index contributed by atoms with van der Waals surface area (Å²) in [6, 6.07) is 1.35. The van der Waals surface area contributed by atoms with Crippen LogP contribution in [0.25, 0.3) is 0 Å². The second-order valence-corrected chi connectivity index (χ2v) is 5.72. The average molecular weight is 292 g/mol. The molecule has 2 rings (SSSR count). The van der Waals surface area contributed by atoms with E-state index in [-0.39, 0.29) is 17.5 Å². The number of carbonyl (C=O) groups excluding carboxylic acids is 1. The smallest absolute Gasteiger partial charge is 0.311 e. The van der Waals surface area contributed by atoms with Crippen LogP contribution in [0.3, 0.4) is 0 Å². The Bertz CT molecular complexity index is 600. The normalized spacial score (nSPS) is 17.2. The average Bonchev–Trinajstić information content (AvgIpc) is 2.45. The Labute approximate surface area is 122 Å². The van der Waals surface area contributed by atoms with Crippen LogP contribution in [0, 0.1) is 12.3 Å². The molecule has 1 aliphatic rings. The van der Waals surface area contributed by atoms with E-state index >= 15 is 0 Å². The third kappa shape index (κ3) is 3.32. The number of aromatic amines is 1. The van der Waals surface area contributed by atoms with Gasteiger partial charge in [0.05, 0.1) is 5.41 Å². The quantitative estimate of drug-likeness (QED) is 0.782. The first-order valence-electron chi connectivity index (χ1n) is 7.15. The van der Waals surface area contributed by atoms with Gasteiger partial charge in [0, 0.05) is 24.5 Å². The molecule has 0 saturated heterocycles. The number of amides is 1. The van der Waals surface area contributed by atoms with Crippen LogP contribution in [-0.4, -0.2) is 28.5 Å². The fourth-order valence-electron chi connectivity index (χ4n) is 2.79. The first-order valence-corrected chi connectivity index (χ1v) is 7.15. The number of aryl methyl sites for hydroxylation is 1. The lowest BCUT2D eigenvalue weighted by molar-refractivity contribution is -0.150. The Kier molecular flexibility index (Phi) is 4.45. The van der Waals surface area contributed by atoms with Gasteiger partial charge in [-0.3, -0.25) is 14.4 Å². The van der Waals surface area contributed by atoms with Gasteiger partial charge in [0.15, 0.2) is 5.43 Å². The molecule has 114 valence electrons. The molecule has 1 amide bonds. The maximum atomic E-state index is 12.1. The lowest BCUT2D eigenvalue weighted by Gasteiger charge is -2.33. The number of carboxylic acid groups (broad SMARTS) is 1. The van der Waals surface area contributed by atoms with E-state index in [1.54, 1.807) is 6.92 Å². The fraction of sp³-hybridized carbons (Fsp3) is 0.533. The van der Waals surface area contributed by atoms with Crippen molar-refractivity contribution in [3.63, 3.8) is 0 Å². The molecule has 1 aromatic rings. The van der Waals surface area contributed by atoms with Crippen molar-refractivity contribution in [1.29, 1.82) is 0 Å². The molecular weight excluding hydrogens is 272 g/mol. The standard InChI is InChI=1S/C15H20N2O4/c1-10-7-12(18)11(8-16-10)13(19)17-9-15(14(20)21)5-3-2-4-6-15/h7-8H,2-6,9H2,1H3,(H,16,18)(H,17,19)(H,20,21). The number of rotatable bonds is 4. The van der Waals surface area contributed by atoms with Crippen molar-refractivity contribution in [2.75, 3.05) is 6.54 Å². The number of hydrogen-bond acceptors (Lipinski definition) is 3. The minimum absolute atomic E-state index is 0.0111. The molecule has 1 saturated carbocycles. The zero-order valence-electron chi connectivity index (χ0n) is 12.1. The summed E-state index contributed by atoms with van der Waals surface area (Å²) in [7, 11) is 0. The monoisotopic (exact) mass is 292 g/mol. The first-order chi connectivity index (χ1) is 9.94. The van der Waals surface area contributed by atoms with Gasteiger partial charge in [0.2, 0.25) is 0 Å². The number of aromatic nitrogens is 1. The zero-order chi connectivity index (χ0) is 15.5. The van der Waals surface area contributed by atoms with E-state index in [1.807, 2.05) is 0 Å². The Hall–Kier alpha value is -2.11. The summed E-state index contributed by atoms with van der Waals surface area (Å²) in [5, 5.41) is 12.1. The minimum atomic E-state index is -0.897. The molecule has 0 spiro atoms. The summed E-state index contributed by atoms with van der Waals surface area (Å²) in [6.07, 6.45) is 5.22. The van der Waals surface area contributed by atoms with E-state index in [0.29, 0.717) is 18.5 Å². The van der Waals surface area contributed by atoms with Gasteiger partial charge in [0.1, 0.15) is 5.56 Å². The molecule has 1 heterocycles. The Morgan fingerprint density at radius 3 is 2.57 bits per heavy atom. The number of hydrogen-bond donors (Lipinski definition) is 3. The number of carbonyl (C=O) groups is 2. The van der Waals surface area contributed by atoms with Crippen molar-refractivity contribution in [2.24, 2.45) is 5.41 Å². The number of nitrogens with one attached hydrogen (secondary N) is 2. The van der Waals surface area contributed by atoms with Crippen molar-refractivity contribution < 1.29 is 14.7 Å². The molecule has 0 radical (unpaired) electrons. The second-order valence-electron chi connectivity index (χ2n) is 5.72. The summed E-state index contributed by atoms with van der Waals surface area (Å²) in [6.45, 7) is 1.79. The fourth-order valence-corrected chi connectivity index (χ4v) is 2.79. The van der Waals surface area contributed by atoms with Crippen LogP contribution in [0.2, 0.25) is 0 Å². The molecule has 21 heavy (non-hydrogen) atoms. The van der Waals surface area contributed by atoms with Crippen LogP contribution in [0.1, 0.15) is 48.2 Å². The molecule has 6 nitrogen and oxygen atoms in total. The van der Waals surface area contributed by atoms with Crippen LogP contribution in [0.4, 0.5) is 0 Å². The highest BCUT2D eigenvalue weighted by Gasteiger charge is 2.39. The number of pyridine rings is 1. The van der Waals surface area contributed by atoms with Gasteiger partial charge in [-0.15, -0.1) is 0 Å². The van der Waals surface area contributed by atoms with Crippen LogP contribution in [-0.2, 0) is 4.79 Å². The van der Waals surface area contributed by atoms with E-state index in [0.717, 1.165) is 19.3 Å². The highest BCUT2D eigenvalue weighted by atomic mass is 16.4. The molecule has 3 N–H and O–H groups in total. The third-order valence-corrected chi connectivity index (χ3v) is 4.15. The highest BCUT2D eigenvalue weighted by molar-refractivity contribution is 5.94. The van der Waals surface area contributed by atoms with E-state index < -0.39 is 17.3 Å². The third-order valence-electron chi connectivity index (χ3n) is 4.15. The summed E-state index contributed by atoms with van der Waals surface area (Å²) >= 11 is 0. The SMILES string of the molecule is Cc1cc(=O)c(C(=O)NCC2(C(=O)O)CCCCC2)c[nH]1. The van der Waals surface area contributed by atoms with Crippen LogP contribution in [0.15, 0.2) is 17.1 Å². The van der Waals surface area contributed by atoms with Crippen molar-refractivity contribution >= 4 is 11.9 Å². The van der Waals surface area contributed by atoms with Gasteiger partial charge in [-0.1, -0.05) is 19.3 Å². The van der Waals surface area contributed by atoms with Crippen LogP contribution >= 0.6 is 0 Å². The molecule has 6 heteroatoms. The maximum Gasteiger partial charge on any atom is 0.311 e. The van der Waals surface area contributed by atoms with Gasteiger partial charge in [0.25, 0.3) is 5.91 Å². The molecule has 0 aliphatic heterocycles. The topological polar surface area (TPSA) is 99.3 Å². The summed E-state index contributed by atoms with van der Waals surface area (Å²) in [5.41, 5.74) is -0.578. The summed E-state index contributed by atoms with van der Waals surface area (Å²) < 4.78 is 0. The zero-order valence-corrected chi connectivity index (χ0v) is 12.1. The molecule has 1 fully saturated rings. The maximum absolute atomic E-state index is 12.1. The largest absolute Gasteiger partial charge is 0.481 e. The van der Waals surface area contributed by atoms with Crippen LogP contribution in [0.5, 0.6) is 0 Å². The molecule has 1 aromatic heterocycles. The molecular formula is C15H20N2O4. The van der Waals surface area contributed by atoms with Crippen molar-refractivity contribution in [3.8, 4) is 0 Å². The second kappa shape index (κ2) is 6.11. The number of aliphatic carboxylic acids is 1. The number of H-pyrrole nitrogens is 1. The lowest BCUT2D eigenvalue weighted by Crippen LogP contribution is -2.45. The summed E-state index contributed by atoms with van der Waals surface area (Å²) in [5.74, 6) is -1.40. The highest BCUT2D eigenvalue weighted by Crippen LogP contribution is 2.36. The van der Waals surface area contributed by atoms with Crippen molar-refractivity contribution in [2.45, 2.75) is 39.0 Å². The molecule has 0 aromatic carbocycles. The Morgan fingerprint density at radius 2 is 2.00 bits per heavy atom. The Morgan fingerprint density at radius 1 is 1.33 bits per heavy atom. The predicted molar refractivity (Wildman–Crippen MR) is 77.3 cm³/mol. The minimum Gasteiger partial charge on any atom is -0.481 e. The number of carboxylic acids is 1. The van der Waals surface area contributed by atoms with Gasteiger partial charge in [-0.25, -0.2) is 0 Å². The Balaban J connectivity index is 2.08. The van der Waals surface area contributed by atoms with E-state index in [2.05, 4.69) is 10.3 Å². The van der Waals surface area contributed by atoms with E-state index in [9.17, 15) is 19.5 Å². The summed E-state index contributed by atoms with van der Waals surface area (Å²) in [4.78, 5) is 38.1. The molecule has 0 unspecified atom stereocenters. The van der Waals surface area contributed by atoms with Crippen molar-refractivity contribution in [1.82, 2.24) is 10.3 Å². The lowest BCUT2D eigenvalue weighted by atomic mass is 9.74. The van der Waals surface area contributed by atoms with Gasteiger partial charge >= 0.3 is 5.97 Å². The predicted octanol–water partition coefficient (Wildman–Crippen LogP) is 1.45. The molecule has 0 bridgehead atoms. The molecule has 0 atom stereocenters. The van der Waals surface area contributed by atoms with E-state index in [1.165, 1.54) is 12.3 Å². The van der Waals surface area contributed by atoms with Gasteiger partial charge in [-0.05, 0) is 19.8 Å².